The zero-order chi connectivity index (χ0) is 11.8. The van der Waals surface area contributed by atoms with E-state index in [0.717, 1.165) is 6.42 Å². The van der Waals surface area contributed by atoms with E-state index in [1.54, 1.807) is 0 Å². The summed E-state index contributed by atoms with van der Waals surface area (Å²) in [4.78, 5) is -0.320. The highest BCUT2D eigenvalue weighted by atomic mass is 35.5. The first-order chi connectivity index (χ1) is 8.27. The van der Waals surface area contributed by atoms with E-state index < -0.39 is 0 Å². The monoisotopic (exact) mass is 262 g/mol. The molecule has 0 N–H and O–H groups in total. The van der Waals surface area contributed by atoms with E-state index in [-0.39, 0.29) is 4.84 Å². The van der Waals surface area contributed by atoms with Crippen molar-refractivity contribution in [3.8, 4) is 11.1 Å². The number of hydrogen-bond donors (Lipinski definition) is 0. The summed E-state index contributed by atoms with van der Waals surface area (Å²) in [5.41, 5.74) is 5.34. The molecular weight excluding hydrogens is 251 g/mol. The fourth-order valence-corrected chi connectivity index (χ4v) is 3.05. The molecule has 0 bridgehead atoms. The van der Waals surface area contributed by atoms with Gasteiger partial charge in [-0.2, -0.15) is 0 Å². The number of benzene rings is 2. The maximum atomic E-state index is 5.96. The zero-order valence-electron chi connectivity index (χ0n) is 9.24. The molecule has 86 valence electrons. The van der Waals surface area contributed by atoms with E-state index >= 15 is 0 Å². The molecule has 0 radical (unpaired) electrons. The molecule has 17 heavy (non-hydrogen) atoms. The molecule has 0 unspecified atom stereocenters. The van der Waals surface area contributed by atoms with Gasteiger partial charge in [0.1, 0.15) is 4.84 Å². The summed E-state index contributed by atoms with van der Waals surface area (Å²) in [6.07, 6.45) is 0.775. The smallest absolute Gasteiger partial charge is 0.105 e. The van der Waals surface area contributed by atoms with Crippen molar-refractivity contribution >= 4 is 23.2 Å². The van der Waals surface area contributed by atoms with Crippen LogP contribution in [-0.4, -0.2) is 4.84 Å². The van der Waals surface area contributed by atoms with E-state index in [0.29, 0.717) is 5.92 Å². The molecule has 0 amide bonds. The molecule has 2 heteroatoms. The molecule has 2 aromatic carbocycles. The van der Waals surface area contributed by atoms with Crippen LogP contribution >= 0.6 is 23.2 Å². The molecule has 3 rings (SSSR count). The average molecular weight is 263 g/mol. The van der Waals surface area contributed by atoms with Crippen molar-refractivity contribution in [3.05, 3.63) is 59.7 Å². The molecular formula is C15H12Cl2. The lowest BCUT2D eigenvalue weighted by Gasteiger charge is -2.13. The zero-order valence-corrected chi connectivity index (χ0v) is 10.7. The Hall–Kier alpha value is -0.980. The molecule has 0 saturated heterocycles. The van der Waals surface area contributed by atoms with Crippen LogP contribution in [0.5, 0.6) is 0 Å². The SMILES string of the molecule is ClC(Cl)CC1c2ccccc2-c2ccccc21. The molecule has 1 aliphatic carbocycles. The van der Waals surface area contributed by atoms with Crippen molar-refractivity contribution < 1.29 is 0 Å². The van der Waals surface area contributed by atoms with Gasteiger partial charge in [0.05, 0.1) is 0 Å². The molecule has 0 nitrogen and oxygen atoms in total. The van der Waals surface area contributed by atoms with Gasteiger partial charge < -0.3 is 0 Å². The predicted octanol–water partition coefficient (Wildman–Crippen LogP) is 4.99. The third-order valence-electron chi connectivity index (χ3n) is 3.38. The van der Waals surface area contributed by atoms with Crippen molar-refractivity contribution in [2.45, 2.75) is 17.2 Å². The lowest BCUT2D eigenvalue weighted by molar-refractivity contribution is 0.778. The lowest BCUT2D eigenvalue weighted by atomic mass is 9.94. The highest BCUT2D eigenvalue weighted by molar-refractivity contribution is 6.44. The van der Waals surface area contributed by atoms with Crippen LogP contribution in [0, 0.1) is 0 Å². The Kier molecular flexibility index (Phi) is 2.85. The first kappa shape index (κ1) is 11.1. The molecule has 0 fully saturated rings. The van der Waals surface area contributed by atoms with Crippen LogP contribution in [0.25, 0.3) is 11.1 Å². The lowest BCUT2D eigenvalue weighted by Crippen LogP contribution is -2.01. The largest absolute Gasteiger partial charge is 0.108 e. The van der Waals surface area contributed by atoms with Gasteiger partial charge in [-0.05, 0) is 28.7 Å². The Labute approximate surface area is 111 Å². The van der Waals surface area contributed by atoms with Crippen LogP contribution in [0.1, 0.15) is 23.5 Å². The Bertz CT molecular complexity index is 501. The third-order valence-corrected chi connectivity index (χ3v) is 3.73. The van der Waals surface area contributed by atoms with E-state index in [4.69, 9.17) is 23.2 Å². The van der Waals surface area contributed by atoms with E-state index in [2.05, 4.69) is 48.5 Å². The van der Waals surface area contributed by atoms with Gasteiger partial charge >= 0.3 is 0 Å². The predicted molar refractivity (Wildman–Crippen MR) is 73.8 cm³/mol. The van der Waals surface area contributed by atoms with Crippen LogP contribution in [0.15, 0.2) is 48.5 Å². The van der Waals surface area contributed by atoms with Gasteiger partial charge in [0.2, 0.25) is 0 Å². The van der Waals surface area contributed by atoms with Gasteiger partial charge in [-0.3, -0.25) is 0 Å². The number of rotatable bonds is 2. The van der Waals surface area contributed by atoms with Gasteiger partial charge in [0, 0.05) is 5.92 Å². The second-order valence-electron chi connectivity index (χ2n) is 4.35. The van der Waals surface area contributed by atoms with Crippen LogP contribution in [0.2, 0.25) is 0 Å². The van der Waals surface area contributed by atoms with Crippen molar-refractivity contribution in [1.82, 2.24) is 0 Å². The maximum absolute atomic E-state index is 5.96. The minimum atomic E-state index is -0.320. The number of fused-ring (bicyclic) bond motifs is 3. The maximum Gasteiger partial charge on any atom is 0.108 e. The molecule has 1 aliphatic rings. The molecule has 0 saturated carbocycles. The molecule has 0 heterocycles. The van der Waals surface area contributed by atoms with E-state index in [1.165, 1.54) is 22.3 Å². The van der Waals surface area contributed by atoms with Crippen LogP contribution in [0.4, 0.5) is 0 Å². The summed E-state index contributed by atoms with van der Waals surface area (Å²) in [5.74, 6) is 0.336. The summed E-state index contributed by atoms with van der Waals surface area (Å²) in [6.45, 7) is 0. The van der Waals surface area contributed by atoms with Crippen molar-refractivity contribution in [1.29, 1.82) is 0 Å². The first-order valence-corrected chi connectivity index (χ1v) is 6.61. The summed E-state index contributed by atoms with van der Waals surface area (Å²) < 4.78 is 0. The normalized spacial score (nSPS) is 13.8. The average Bonchev–Trinajstić information content (AvgIpc) is 2.65. The summed E-state index contributed by atoms with van der Waals surface area (Å²) >= 11 is 11.9. The van der Waals surface area contributed by atoms with Gasteiger partial charge in [0.15, 0.2) is 0 Å². The topological polar surface area (TPSA) is 0 Å². The van der Waals surface area contributed by atoms with E-state index in [9.17, 15) is 0 Å². The number of halogens is 2. The summed E-state index contributed by atoms with van der Waals surface area (Å²) in [6, 6.07) is 17.0. The molecule has 0 atom stereocenters. The van der Waals surface area contributed by atoms with Crippen LogP contribution < -0.4 is 0 Å². The van der Waals surface area contributed by atoms with Crippen LogP contribution in [0.3, 0.4) is 0 Å². The molecule has 2 aromatic rings. The van der Waals surface area contributed by atoms with Crippen molar-refractivity contribution in [3.63, 3.8) is 0 Å². The van der Waals surface area contributed by atoms with Crippen molar-refractivity contribution in [2.24, 2.45) is 0 Å². The van der Waals surface area contributed by atoms with Gasteiger partial charge in [-0.25, -0.2) is 0 Å². The Morgan fingerprint density at radius 3 is 1.76 bits per heavy atom. The van der Waals surface area contributed by atoms with Crippen molar-refractivity contribution in [2.75, 3.05) is 0 Å². The van der Waals surface area contributed by atoms with Gasteiger partial charge in [0.25, 0.3) is 0 Å². The number of alkyl halides is 2. The Morgan fingerprint density at radius 1 is 0.824 bits per heavy atom. The first-order valence-electron chi connectivity index (χ1n) is 5.73. The molecule has 0 aromatic heterocycles. The fraction of sp³-hybridized carbons (Fsp3) is 0.200. The fourth-order valence-electron chi connectivity index (χ4n) is 2.69. The van der Waals surface area contributed by atoms with Crippen LogP contribution in [-0.2, 0) is 0 Å². The highest BCUT2D eigenvalue weighted by Gasteiger charge is 2.28. The standard InChI is InChI=1S/C15H12Cl2/c16-15(17)9-14-12-7-3-1-5-10(12)11-6-2-4-8-13(11)14/h1-8,14-15H,9H2. The van der Waals surface area contributed by atoms with Gasteiger partial charge in [-0.1, -0.05) is 48.5 Å². The van der Waals surface area contributed by atoms with Gasteiger partial charge in [-0.15, -0.1) is 23.2 Å². The molecule has 0 aliphatic heterocycles. The van der Waals surface area contributed by atoms with E-state index in [1.807, 2.05) is 0 Å². The number of hydrogen-bond acceptors (Lipinski definition) is 0. The molecule has 0 spiro atoms. The Morgan fingerprint density at radius 2 is 1.29 bits per heavy atom. The minimum Gasteiger partial charge on any atom is -0.105 e. The Balaban J connectivity index is 2.17. The highest BCUT2D eigenvalue weighted by Crippen LogP contribution is 2.47. The third kappa shape index (κ3) is 1.86. The minimum absolute atomic E-state index is 0.320. The quantitative estimate of drug-likeness (QED) is 0.669. The summed E-state index contributed by atoms with van der Waals surface area (Å²) in [7, 11) is 0. The second-order valence-corrected chi connectivity index (χ2v) is 5.63. The second kappa shape index (κ2) is 4.36. The summed E-state index contributed by atoms with van der Waals surface area (Å²) in [5, 5.41) is 0.